The van der Waals surface area contributed by atoms with Crippen LogP contribution in [0.15, 0.2) is 18.2 Å². The second kappa shape index (κ2) is 7.52. The van der Waals surface area contributed by atoms with E-state index in [1.807, 2.05) is 6.92 Å². The molecule has 0 saturated carbocycles. The lowest BCUT2D eigenvalue weighted by molar-refractivity contribution is -0.145. The van der Waals surface area contributed by atoms with Crippen LogP contribution in [-0.2, 0) is 9.53 Å². The van der Waals surface area contributed by atoms with Gasteiger partial charge in [-0.15, -0.1) is 0 Å². The molecule has 0 aliphatic carbocycles. The van der Waals surface area contributed by atoms with Crippen LogP contribution in [0, 0.1) is 5.92 Å². The number of ether oxygens (including phenoxy) is 2. The molecule has 6 nitrogen and oxygen atoms in total. The first-order chi connectivity index (χ1) is 9.90. The maximum Gasteiger partial charge on any atom is 0.310 e. The molecular formula is C15H22N2O4. The van der Waals surface area contributed by atoms with E-state index in [0.29, 0.717) is 23.6 Å². The number of methoxy groups -OCH3 is 1. The molecule has 116 valence electrons. The van der Waals surface area contributed by atoms with Crippen LogP contribution in [-0.4, -0.2) is 44.1 Å². The predicted molar refractivity (Wildman–Crippen MR) is 80.2 cm³/mol. The number of hydrogen-bond donors (Lipinski definition) is 1. The van der Waals surface area contributed by atoms with E-state index in [1.54, 1.807) is 32.2 Å². The van der Waals surface area contributed by atoms with Crippen molar-refractivity contribution in [3.8, 4) is 5.75 Å². The normalized spacial score (nSPS) is 11.6. The van der Waals surface area contributed by atoms with Crippen LogP contribution in [0.1, 0.15) is 24.2 Å². The van der Waals surface area contributed by atoms with Crippen molar-refractivity contribution in [1.82, 2.24) is 4.90 Å². The molecule has 0 aromatic heterocycles. The molecule has 0 bridgehead atoms. The highest BCUT2D eigenvalue weighted by molar-refractivity contribution is 5.95. The summed E-state index contributed by atoms with van der Waals surface area (Å²) in [5.74, 6) is -0.384. The van der Waals surface area contributed by atoms with Crippen molar-refractivity contribution in [3.63, 3.8) is 0 Å². The Morgan fingerprint density at radius 1 is 1.38 bits per heavy atom. The van der Waals surface area contributed by atoms with Gasteiger partial charge in [-0.2, -0.15) is 0 Å². The van der Waals surface area contributed by atoms with Crippen molar-refractivity contribution >= 4 is 17.6 Å². The van der Waals surface area contributed by atoms with Gasteiger partial charge in [0.1, 0.15) is 5.75 Å². The monoisotopic (exact) mass is 294 g/mol. The Balaban J connectivity index is 2.78. The number of amides is 1. The van der Waals surface area contributed by atoms with Gasteiger partial charge in [0, 0.05) is 19.2 Å². The van der Waals surface area contributed by atoms with E-state index in [1.165, 1.54) is 12.0 Å². The number of nitrogens with zero attached hydrogens (tertiary/aromatic N) is 1. The van der Waals surface area contributed by atoms with E-state index in [-0.39, 0.29) is 24.3 Å². The van der Waals surface area contributed by atoms with Gasteiger partial charge < -0.3 is 20.1 Å². The van der Waals surface area contributed by atoms with Gasteiger partial charge in [0.2, 0.25) is 0 Å². The Bertz CT molecular complexity index is 516. The predicted octanol–water partition coefficient (Wildman–Crippen LogP) is 1.55. The van der Waals surface area contributed by atoms with Crippen LogP contribution >= 0.6 is 0 Å². The van der Waals surface area contributed by atoms with E-state index in [2.05, 4.69) is 4.74 Å². The molecule has 0 saturated heterocycles. The second-order valence-corrected chi connectivity index (χ2v) is 4.80. The van der Waals surface area contributed by atoms with Crippen LogP contribution < -0.4 is 10.5 Å². The summed E-state index contributed by atoms with van der Waals surface area (Å²) in [5.41, 5.74) is 6.71. The molecule has 2 N–H and O–H groups in total. The molecule has 1 rings (SSSR count). The van der Waals surface area contributed by atoms with Crippen molar-refractivity contribution < 1.29 is 19.1 Å². The lowest BCUT2D eigenvalue weighted by Crippen LogP contribution is -2.34. The lowest BCUT2D eigenvalue weighted by Gasteiger charge is -2.20. The summed E-state index contributed by atoms with van der Waals surface area (Å²) < 4.78 is 9.98. The number of rotatable bonds is 6. The number of hydrogen-bond acceptors (Lipinski definition) is 5. The zero-order chi connectivity index (χ0) is 16.0. The minimum absolute atomic E-state index is 0.208. The summed E-state index contributed by atoms with van der Waals surface area (Å²) in [4.78, 5) is 25.1. The van der Waals surface area contributed by atoms with E-state index in [0.717, 1.165) is 0 Å². The number of nitrogens with two attached hydrogens (primary N) is 1. The third kappa shape index (κ3) is 4.37. The Morgan fingerprint density at radius 3 is 2.57 bits per heavy atom. The smallest absolute Gasteiger partial charge is 0.310 e. The summed E-state index contributed by atoms with van der Waals surface area (Å²) in [7, 11) is 2.96. The summed E-state index contributed by atoms with van der Waals surface area (Å²) in [6, 6.07) is 4.90. The summed E-state index contributed by atoms with van der Waals surface area (Å²) in [5, 5.41) is 0. The largest absolute Gasteiger partial charge is 0.492 e. The Labute approximate surface area is 124 Å². The van der Waals surface area contributed by atoms with Crippen molar-refractivity contribution in [2.24, 2.45) is 5.92 Å². The Kier molecular flexibility index (Phi) is 6.02. The molecule has 0 aliphatic rings. The molecule has 0 radical (unpaired) electrons. The van der Waals surface area contributed by atoms with Crippen molar-refractivity contribution in [3.05, 3.63) is 23.8 Å². The van der Waals surface area contributed by atoms with E-state index in [9.17, 15) is 9.59 Å². The molecule has 1 amide bonds. The molecule has 0 aliphatic heterocycles. The van der Waals surface area contributed by atoms with Gasteiger partial charge in [-0.1, -0.05) is 6.92 Å². The fourth-order valence-electron chi connectivity index (χ4n) is 1.96. The standard InChI is InChI=1S/C15H22N2O4/c1-5-21-13-7-6-11(8-12(13)16)14(18)17(3)9-10(2)15(19)20-4/h6-8,10H,5,9,16H2,1-4H3. The topological polar surface area (TPSA) is 81.9 Å². The molecule has 1 aromatic rings. The van der Waals surface area contributed by atoms with Gasteiger partial charge in [0.15, 0.2) is 0 Å². The van der Waals surface area contributed by atoms with E-state index < -0.39 is 0 Å². The molecule has 0 fully saturated rings. The third-order valence-electron chi connectivity index (χ3n) is 3.05. The molecule has 0 spiro atoms. The fraction of sp³-hybridized carbons (Fsp3) is 0.467. The Morgan fingerprint density at radius 2 is 2.05 bits per heavy atom. The van der Waals surface area contributed by atoms with Gasteiger partial charge in [-0.25, -0.2) is 0 Å². The SMILES string of the molecule is CCOc1ccc(C(=O)N(C)CC(C)C(=O)OC)cc1N. The molecule has 1 unspecified atom stereocenters. The van der Waals surface area contributed by atoms with Crippen molar-refractivity contribution in [2.45, 2.75) is 13.8 Å². The zero-order valence-electron chi connectivity index (χ0n) is 12.9. The minimum atomic E-state index is -0.385. The first-order valence-corrected chi connectivity index (χ1v) is 6.76. The lowest BCUT2D eigenvalue weighted by atomic mass is 10.1. The number of carbonyl (C=O) groups is 2. The highest BCUT2D eigenvalue weighted by Gasteiger charge is 2.20. The van der Waals surface area contributed by atoms with E-state index >= 15 is 0 Å². The second-order valence-electron chi connectivity index (χ2n) is 4.80. The average molecular weight is 294 g/mol. The molecule has 0 heterocycles. The van der Waals surface area contributed by atoms with Gasteiger partial charge in [-0.3, -0.25) is 9.59 Å². The van der Waals surface area contributed by atoms with Crippen molar-refractivity contribution in [1.29, 1.82) is 0 Å². The number of anilines is 1. The van der Waals surface area contributed by atoms with Gasteiger partial charge in [-0.05, 0) is 25.1 Å². The highest BCUT2D eigenvalue weighted by atomic mass is 16.5. The minimum Gasteiger partial charge on any atom is -0.492 e. The Hall–Kier alpha value is -2.24. The fourth-order valence-corrected chi connectivity index (χ4v) is 1.96. The molecule has 21 heavy (non-hydrogen) atoms. The van der Waals surface area contributed by atoms with Gasteiger partial charge in [0.05, 0.1) is 25.3 Å². The summed E-state index contributed by atoms with van der Waals surface area (Å²) in [6.45, 7) is 4.36. The van der Waals surface area contributed by atoms with Crippen LogP contribution in [0.5, 0.6) is 5.75 Å². The van der Waals surface area contributed by atoms with Crippen LogP contribution in [0.25, 0.3) is 0 Å². The number of benzene rings is 1. The van der Waals surface area contributed by atoms with E-state index in [4.69, 9.17) is 10.5 Å². The van der Waals surface area contributed by atoms with Gasteiger partial charge >= 0.3 is 5.97 Å². The first kappa shape index (κ1) is 16.8. The summed E-state index contributed by atoms with van der Waals surface area (Å²) in [6.07, 6.45) is 0. The number of carbonyl (C=O) groups excluding carboxylic acids is 2. The molecular weight excluding hydrogens is 272 g/mol. The quantitative estimate of drug-likeness (QED) is 0.636. The average Bonchev–Trinajstić information content (AvgIpc) is 2.47. The highest BCUT2D eigenvalue weighted by Crippen LogP contribution is 2.23. The van der Waals surface area contributed by atoms with Crippen molar-refractivity contribution in [2.75, 3.05) is 33.0 Å². The maximum atomic E-state index is 12.3. The maximum absolute atomic E-state index is 12.3. The number of esters is 1. The summed E-state index contributed by atoms with van der Waals surface area (Å²) >= 11 is 0. The first-order valence-electron chi connectivity index (χ1n) is 6.76. The molecule has 6 heteroatoms. The van der Waals surface area contributed by atoms with Crippen LogP contribution in [0.2, 0.25) is 0 Å². The third-order valence-corrected chi connectivity index (χ3v) is 3.05. The zero-order valence-corrected chi connectivity index (χ0v) is 12.9. The van der Waals surface area contributed by atoms with Gasteiger partial charge in [0.25, 0.3) is 5.91 Å². The molecule has 1 aromatic carbocycles. The number of nitrogen functional groups attached to an aromatic ring is 1. The van der Waals surface area contributed by atoms with Crippen LogP contribution in [0.3, 0.4) is 0 Å². The van der Waals surface area contributed by atoms with Crippen LogP contribution in [0.4, 0.5) is 5.69 Å². The molecule has 1 atom stereocenters.